The third-order valence-corrected chi connectivity index (χ3v) is 4.83. The molecule has 0 radical (unpaired) electrons. The second-order valence-corrected chi connectivity index (χ2v) is 6.78. The average Bonchev–Trinajstić information content (AvgIpc) is 2.92. The molecule has 0 amide bonds. The van der Waals surface area contributed by atoms with Gasteiger partial charge in [0.15, 0.2) is 23.3 Å². The minimum atomic E-state index is -2.14. The number of rotatable bonds is 2. The Bertz CT molecular complexity index is 829. The highest BCUT2D eigenvalue weighted by atomic mass is 19.2. The van der Waals surface area contributed by atoms with Gasteiger partial charge in [-0.25, -0.2) is 22.0 Å². The van der Waals surface area contributed by atoms with E-state index in [4.69, 9.17) is 0 Å². The number of halogens is 5. The molecule has 0 spiro atoms. The molecule has 1 saturated heterocycles. The summed E-state index contributed by atoms with van der Waals surface area (Å²) in [6, 6.07) is 3.85. The van der Waals surface area contributed by atoms with Gasteiger partial charge in [0.2, 0.25) is 5.82 Å². The maximum Gasteiger partial charge on any atom is 0.200 e. The van der Waals surface area contributed by atoms with Crippen LogP contribution in [0.1, 0.15) is 28.4 Å². The normalized spacial score (nSPS) is 18.0. The highest BCUT2D eigenvalue weighted by Gasteiger charge is 2.39. The maximum atomic E-state index is 14.4. The first kappa shape index (κ1) is 18.6. The summed E-state index contributed by atoms with van der Waals surface area (Å²) < 4.78 is 69.7. The topological polar surface area (TPSA) is 6.48 Å². The van der Waals surface area contributed by atoms with Crippen molar-refractivity contribution in [3.63, 3.8) is 0 Å². The van der Waals surface area contributed by atoms with Crippen LogP contribution in [-0.4, -0.2) is 25.0 Å². The zero-order valence-electron chi connectivity index (χ0n) is 14.9. The van der Waals surface area contributed by atoms with Gasteiger partial charge in [0, 0.05) is 18.8 Å². The quantitative estimate of drug-likeness (QED) is 0.427. The molecule has 1 aliphatic heterocycles. The van der Waals surface area contributed by atoms with Gasteiger partial charge in [-0.15, -0.1) is 0 Å². The third-order valence-electron chi connectivity index (χ3n) is 4.83. The average molecular weight is 370 g/mol. The second kappa shape index (κ2) is 6.54. The lowest BCUT2D eigenvalue weighted by atomic mass is 10.0. The Morgan fingerprint density at radius 2 is 1.23 bits per heavy atom. The summed E-state index contributed by atoms with van der Waals surface area (Å²) in [4.78, 5) is 3.28. The fourth-order valence-electron chi connectivity index (χ4n) is 3.83. The molecule has 1 aliphatic rings. The first-order valence-corrected chi connectivity index (χ1v) is 8.21. The fraction of sp³-hybridized carbons (Fsp3) is 0.368. The van der Waals surface area contributed by atoms with Gasteiger partial charge in [-0.1, -0.05) is 17.7 Å². The molecule has 1 heterocycles. The van der Waals surface area contributed by atoms with Crippen molar-refractivity contribution in [1.82, 2.24) is 4.90 Å². The number of anilines is 1. The summed E-state index contributed by atoms with van der Waals surface area (Å²) in [5.74, 6) is -9.55. The molecule has 0 N–H and O–H groups in total. The van der Waals surface area contributed by atoms with Gasteiger partial charge in [-0.3, -0.25) is 4.90 Å². The summed E-state index contributed by atoms with van der Waals surface area (Å²) in [6.45, 7) is 6.50. The van der Waals surface area contributed by atoms with Gasteiger partial charge in [0.25, 0.3) is 0 Å². The van der Waals surface area contributed by atoms with Crippen molar-refractivity contribution < 1.29 is 22.0 Å². The Hall–Kier alpha value is -2.15. The van der Waals surface area contributed by atoms with E-state index < -0.39 is 40.8 Å². The lowest BCUT2D eigenvalue weighted by Crippen LogP contribution is -2.32. The predicted molar refractivity (Wildman–Crippen MR) is 89.6 cm³/mol. The van der Waals surface area contributed by atoms with E-state index in [2.05, 4.69) is 0 Å². The molecule has 2 aromatic rings. The first-order chi connectivity index (χ1) is 12.1. The fourth-order valence-corrected chi connectivity index (χ4v) is 3.83. The van der Waals surface area contributed by atoms with E-state index in [1.54, 1.807) is 16.8 Å². The number of hydrogen-bond donors (Lipinski definition) is 0. The molecule has 0 bridgehead atoms. The number of nitrogens with zero attached hydrogens (tertiary/aromatic N) is 2. The van der Waals surface area contributed by atoms with Crippen molar-refractivity contribution in [3.8, 4) is 0 Å². The van der Waals surface area contributed by atoms with E-state index in [9.17, 15) is 22.0 Å². The van der Waals surface area contributed by atoms with Gasteiger partial charge in [0.05, 0.1) is 5.56 Å². The van der Waals surface area contributed by atoms with Crippen LogP contribution in [0.15, 0.2) is 12.1 Å². The van der Waals surface area contributed by atoms with Crippen molar-refractivity contribution in [2.45, 2.75) is 26.9 Å². The zero-order valence-corrected chi connectivity index (χ0v) is 14.9. The van der Waals surface area contributed by atoms with E-state index in [0.29, 0.717) is 13.1 Å². The number of likely N-dealkylation sites (N-methyl/N-ethyl adjacent to an activating group) is 1. The van der Waals surface area contributed by atoms with E-state index in [0.717, 1.165) is 22.4 Å². The summed E-state index contributed by atoms with van der Waals surface area (Å²) in [5.41, 5.74) is 2.72. The Balaban J connectivity index is 2.22. The monoisotopic (exact) mass is 370 g/mol. The Morgan fingerprint density at radius 3 is 1.73 bits per heavy atom. The maximum absolute atomic E-state index is 14.4. The molecule has 2 aromatic carbocycles. The van der Waals surface area contributed by atoms with Crippen LogP contribution in [-0.2, 0) is 0 Å². The summed E-state index contributed by atoms with van der Waals surface area (Å²) in [5, 5.41) is 0. The third kappa shape index (κ3) is 2.74. The molecule has 140 valence electrons. The zero-order chi connectivity index (χ0) is 19.3. The molecule has 3 rings (SSSR count). The SMILES string of the molecule is Cc1cc(C)c(N2CCN(C)C2c2c(F)c(F)c(F)c(F)c2F)c(C)c1. The van der Waals surface area contributed by atoms with Crippen LogP contribution < -0.4 is 4.90 Å². The molecule has 7 heteroatoms. The van der Waals surface area contributed by atoms with Crippen LogP contribution in [0.25, 0.3) is 0 Å². The summed E-state index contributed by atoms with van der Waals surface area (Å²) >= 11 is 0. The highest BCUT2D eigenvalue weighted by Crippen LogP contribution is 2.40. The van der Waals surface area contributed by atoms with Crippen LogP contribution in [0.4, 0.5) is 27.6 Å². The molecule has 1 fully saturated rings. The molecule has 0 aliphatic carbocycles. The van der Waals surface area contributed by atoms with Gasteiger partial charge in [0.1, 0.15) is 6.17 Å². The smallest absolute Gasteiger partial charge is 0.200 e. The lowest BCUT2D eigenvalue weighted by Gasteiger charge is -2.33. The Morgan fingerprint density at radius 1 is 0.769 bits per heavy atom. The Labute approximate surface area is 148 Å². The summed E-state index contributed by atoms with van der Waals surface area (Å²) in [7, 11) is 1.60. The molecular weight excluding hydrogens is 351 g/mol. The molecular formula is C19H19F5N2. The largest absolute Gasteiger partial charge is 0.350 e. The van der Waals surface area contributed by atoms with Crippen molar-refractivity contribution in [3.05, 3.63) is 63.5 Å². The Kier molecular flexibility index (Phi) is 4.69. The number of benzene rings is 2. The number of aryl methyl sites for hydroxylation is 3. The van der Waals surface area contributed by atoms with E-state index in [-0.39, 0.29) is 0 Å². The van der Waals surface area contributed by atoms with Gasteiger partial charge < -0.3 is 4.90 Å². The van der Waals surface area contributed by atoms with E-state index >= 15 is 0 Å². The van der Waals surface area contributed by atoms with Crippen LogP contribution >= 0.6 is 0 Å². The van der Waals surface area contributed by atoms with Gasteiger partial charge >= 0.3 is 0 Å². The summed E-state index contributed by atoms with van der Waals surface area (Å²) in [6.07, 6.45) is -1.08. The minimum absolute atomic E-state index is 0.408. The van der Waals surface area contributed by atoms with Crippen LogP contribution in [0.5, 0.6) is 0 Å². The first-order valence-electron chi connectivity index (χ1n) is 8.21. The molecule has 1 atom stereocenters. The van der Waals surface area contributed by atoms with Crippen molar-refractivity contribution in [1.29, 1.82) is 0 Å². The van der Waals surface area contributed by atoms with Crippen molar-refractivity contribution in [2.24, 2.45) is 0 Å². The van der Waals surface area contributed by atoms with Gasteiger partial charge in [-0.05, 0) is 38.9 Å². The van der Waals surface area contributed by atoms with Crippen LogP contribution in [0.3, 0.4) is 0 Å². The second-order valence-electron chi connectivity index (χ2n) is 6.78. The highest BCUT2D eigenvalue weighted by molar-refractivity contribution is 5.62. The minimum Gasteiger partial charge on any atom is -0.350 e. The van der Waals surface area contributed by atoms with Crippen LogP contribution in [0, 0.1) is 49.9 Å². The van der Waals surface area contributed by atoms with E-state index in [1.807, 2.05) is 32.9 Å². The lowest BCUT2D eigenvalue weighted by molar-refractivity contribution is 0.285. The van der Waals surface area contributed by atoms with Gasteiger partial charge in [-0.2, -0.15) is 0 Å². The van der Waals surface area contributed by atoms with Crippen molar-refractivity contribution in [2.75, 3.05) is 25.0 Å². The van der Waals surface area contributed by atoms with E-state index in [1.165, 1.54) is 0 Å². The predicted octanol–water partition coefficient (Wildman–Crippen LogP) is 4.76. The molecule has 0 saturated carbocycles. The number of hydrogen-bond acceptors (Lipinski definition) is 2. The van der Waals surface area contributed by atoms with Crippen molar-refractivity contribution >= 4 is 5.69 Å². The standard InChI is InChI=1S/C19H19F5N2/c1-9-7-10(2)18(11(3)8-9)26-6-5-25(4)19(26)12-13(20)15(22)17(24)16(23)14(12)21/h7-8,19H,5-6H2,1-4H3. The van der Waals surface area contributed by atoms with Crippen LogP contribution in [0.2, 0.25) is 0 Å². The molecule has 0 aromatic heterocycles. The molecule has 2 nitrogen and oxygen atoms in total. The molecule has 26 heavy (non-hydrogen) atoms. The molecule has 1 unspecified atom stereocenters.